The molecule has 2 atom stereocenters. The Morgan fingerprint density at radius 2 is 1.79 bits per heavy atom. The molecule has 3 aliphatic rings. The van der Waals surface area contributed by atoms with Gasteiger partial charge in [0.05, 0.1) is 17.1 Å². The van der Waals surface area contributed by atoms with Crippen LogP contribution in [0.15, 0.2) is 42.5 Å². The number of nitro groups is 1. The second-order valence-corrected chi connectivity index (χ2v) is 10.5. The molecule has 2 saturated heterocycles. The van der Waals surface area contributed by atoms with Gasteiger partial charge in [0.15, 0.2) is 0 Å². The number of amides is 1. The Hall–Kier alpha value is -3.34. The maximum absolute atomic E-state index is 13.3. The average molecular weight is 533 g/mol. The Morgan fingerprint density at radius 1 is 1.08 bits per heavy atom. The number of carbonyl (C=O) groups is 1. The number of anilines is 2. The first kappa shape index (κ1) is 26.3. The molecule has 3 fully saturated rings. The van der Waals surface area contributed by atoms with Crippen molar-refractivity contribution in [3.05, 3.63) is 63.7 Å². The van der Waals surface area contributed by atoms with Gasteiger partial charge in [-0.15, -0.1) is 0 Å². The van der Waals surface area contributed by atoms with E-state index in [0.29, 0.717) is 38.3 Å². The van der Waals surface area contributed by atoms with Crippen LogP contribution >= 0.6 is 0 Å². The molecule has 2 bridgehead atoms. The minimum absolute atomic E-state index is 0.00636. The van der Waals surface area contributed by atoms with Crippen LogP contribution in [0.2, 0.25) is 0 Å². The number of hydrogen-bond donors (Lipinski definition) is 1. The van der Waals surface area contributed by atoms with Crippen LogP contribution < -0.4 is 10.2 Å². The van der Waals surface area contributed by atoms with Crippen molar-refractivity contribution in [2.75, 3.05) is 29.9 Å². The predicted octanol–water partition coefficient (Wildman–Crippen LogP) is 5.15. The fourth-order valence-corrected chi connectivity index (χ4v) is 5.92. The van der Waals surface area contributed by atoms with Gasteiger partial charge in [0.1, 0.15) is 12.2 Å². The highest BCUT2D eigenvalue weighted by Gasteiger charge is 2.45. The molecule has 38 heavy (non-hydrogen) atoms. The Morgan fingerprint density at radius 3 is 2.39 bits per heavy atom. The lowest BCUT2D eigenvalue weighted by molar-refractivity contribution is -0.388. The minimum atomic E-state index is -4.81. The standard InChI is InChI=1S/C27H31F3N4O4/c1-17-2-7-20(8-3-17)32-14-22-13-21(32)15-33(22)26(35)16-38-23-9-4-18(5-10-23)31-19-6-11-25(34(36)37)24(12-19)27(28,29)30/h2-3,6-8,11-12,18,21-23,31H,4-5,9-10,13-16H2,1H3. The molecular formula is C27H31F3N4O4. The van der Waals surface area contributed by atoms with E-state index in [1.807, 2.05) is 4.90 Å². The molecule has 2 aromatic carbocycles. The van der Waals surface area contributed by atoms with Crippen molar-refractivity contribution in [1.29, 1.82) is 0 Å². The topological polar surface area (TPSA) is 88.0 Å². The smallest absolute Gasteiger partial charge is 0.382 e. The summed E-state index contributed by atoms with van der Waals surface area (Å²) in [6, 6.07) is 11.9. The molecule has 8 nitrogen and oxygen atoms in total. The first-order valence-electron chi connectivity index (χ1n) is 12.9. The number of rotatable bonds is 7. The summed E-state index contributed by atoms with van der Waals surface area (Å²) in [5.41, 5.74) is 0.393. The average Bonchev–Trinajstić information content (AvgIpc) is 3.49. The lowest BCUT2D eigenvalue weighted by atomic mass is 9.92. The van der Waals surface area contributed by atoms with E-state index in [4.69, 9.17) is 4.74 Å². The molecule has 11 heteroatoms. The monoisotopic (exact) mass is 532 g/mol. The summed E-state index contributed by atoms with van der Waals surface area (Å²) in [5.74, 6) is 0.00636. The normalized spacial score (nSPS) is 25.1. The van der Waals surface area contributed by atoms with Gasteiger partial charge in [0.2, 0.25) is 5.91 Å². The SMILES string of the molecule is Cc1ccc(N2CC3CC2CN3C(=O)COC2CCC(Nc3ccc([N+](=O)[O-])c(C(F)(F)F)c3)CC2)cc1. The first-order chi connectivity index (χ1) is 18.1. The molecule has 1 aliphatic carbocycles. The van der Waals surface area contributed by atoms with Crippen LogP contribution in [0.3, 0.4) is 0 Å². The number of hydrogen-bond acceptors (Lipinski definition) is 6. The minimum Gasteiger partial charge on any atom is -0.382 e. The molecule has 0 aromatic heterocycles. The Kier molecular flexibility index (Phi) is 7.21. The molecule has 1 amide bonds. The van der Waals surface area contributed by atoms with Gasteiger partial charge >= 0.3 is 6.18 Å². The van der Waals surface area contributed by atoms with Crippen LogP contribution in [0.25, 0.3) is 0 Å². The van der Waals surface area contributed by atoms with E-state index >= 15 is 0 Å². The van der Waals surface area contributed by atoms with Gasteiger partial charge in [-0.25, -0.2) is 0 Å². The van der Waals surface area contributed by atoms with E-state index in [2.05, 4.69) is 41.4 Å². The molecule has 1 N–H and O–H groups in total. The lowest BCUT2D eigenvalue weighted by Crippen LogP contribution is -2.50. The van der Waals surface area contributed by atoms with Gasteiger partial charge in [-0.1, -0.05) is 17.7 Å². The van der Waals surface area contributed by atoms with Crippen molar-refractivity contribution in [2.45, 2.75) is 69.4 Å². The van der Waals surface area contributed by atoms with E-state index in [1.54, 1.807) is 0 Å². The van der Waals surface area contributed by atoms with E-state index in [9.17, 15) is 28.1 Å². The maximum Gasteiger partial charge on any atom is 0.423 e. The highest BCUT2D eigenvalue weighted by molar-refractivity contribution is 5.79. The number of fused-ring (bicyclic) bond motifs is 2. The molecular weight excluding hydrogens is 501 g/mol. The van der Waals surface area contributed by atoms with Crippen molar-refractivity contribution in [3.8, 4) is 0 Å². The summed E-state index contributed by atoms with van der Waals surface area (Å²) in [5, 5.41) is 14.0. The summed E-state index contributed by atoms with van der Waals surface area (Å²) in [4.78, 5) is 27.1. The van der Waals surface area contributed by atoms with Gasteiger partial charge < -0.3 is 19.9 Å². The number of piperazine rings is 1. The van der Waals surface area contributed by atoms with Crippen LogP contribution in [0.1, 0.15) is 43.2 Å². The number of likely N-dealkylation sites (tertiary alicyclic amines) is 1. The first-order valence-corrected chi connectivity index (χ1v) is 12.9. The van der Waals surface area contributed by atoms with E-state index in [0.717, 1.165) is 25.1 Å². The number of halogens is 3. The molecule has 2 unspecified atom stereocenters. The fraction of sp³-hybridized carbons (Fsp3) is 0.519. The van der Waals surface area contributed by atoms with Crippen LogP contribution in [-0.4, -0.2) is 59.7 Å². The van der Waals surface area contributed by atoms with E-state index in [1.165, 1.54) is 17.3 Å². The summed E-state index contributed by atoms with van der Waals surface area (Å²) in [6.45, 7) is 3.63. The molecule has 204 valence electrons. The Bertz CT molecular complexity index is 1180. The quantitative estimate of drug-likeness (QED) is 0.392. The molecule has 2 aromatic rings. The highest BCUT2D eigenvalue weighted by atomic mass is 19.4. The Labute approximate surface area is 218 Å². The van der Waals surface area contributed by atoms with E-state index in [-0.39, 0.29) is 36.4 Å². The molecule has 2 aliphatic heterocycles. The summed E-state index contributed by atoms with van der Waals surface area (Å²) in [6.07, 6.45) is -1.24. The second-order valence-electron chi connectivity index (χ2n) is 10.5. The zero-order chi connectivity index (χ0) is 27.0. The summed E-state index contributed by atoms with van der Waals surface area (Å²) < 4.78 is 45.7. The predicted molar refractivity (Wildman–Crippen MR) is 136 cm³/mol. The maximum atomic E-state index is 13.3. The third-order valence-electron chi connectivity index (χ3n) is 7.91. The zero-order valence-electron chi connectivity index (χ0n) is 21.1. The van der Waals surface area contributed by atoms with Crippen LogP contribution in [0.5, 0.6) is 0 Å². The van der Waals surface area contributed by atoms with E-state index < -0.39 is 22.4 Å². The van der Waals surface area contributed by atoms with Gasteiger partial charge in [-0.05, 0) is 63.3 Å². The number of nitro benzene ring substituents is 1. The molecule has 1 saturated carbocycles. The summed E-state index contributed by atoms with van der Waals surface area (Å²) >= 11 is 0. The number of carbonyl (C=O) groups excluding carboxylic acids is 1. The van der Waals surface area contributed by atoms with Crippen molar-refractivity contribution in [2.24, 2.45) is 0 Å². The number of alkyl halides is 3. The number of ether oxygens (including phenoxy) is 1. The van der Waals surface area contributed by atoms with Crippen LogP contribution in [-0.2, 0) is 15.7 Å². The third-order valence-corrected chi connectivity index (χ3v) is 7.91. The van der Waals surface area contributed by atoms with Crippen molar-refractivity contribution in [1.82, 2.24) is 4.90 Å². The zero-order valence-corrected chi connectivity index (χ0v) is 21.1. The van der Waals surface area contributed by atoms with Crippen molar-refractivity contribution in [3.63, 3.8) is 0 Å². The van der Waals surface area contributed by atoms with Crippen molar-refractivity contribution < 1.29 is 27.6 Å². The third kappa shape index (κ3) is 5.57. The number of nitrogens with one attached hydrogen (secondary N) is 1. The largest absolute Gasteiger partial charge is 0.423 e. The number of benzene rings is 2. The fourth-order valence-electron chi connectivity index (χ4n) is 5.92. The Balaban J connectivity index is 1.07. The second kappa shape index (κ2) is 10.4. The van der Waals surface area contributed by atoms with Gasteiger partial charge in [-0.3, -0.25) is 14.9 Å². The molecule has 0 spiro atoms. The molecule has 5 rings (SSSR count). The number of nitrogens with zero attached hydrogens (tertiary/aromatic N) is 3. The highest BCUT2D eigenvalue weighted by Crippen LogP contribution is 2.38. The summed E-state index contributed by atoms with van der Waals surface area (Å²) in [7, 11) is 0. The molecule has 0 radical (unpaired) electrons. The lowest BCUT2D eigenvalue weighted by Gasteiger charge is -2.36. The van der Waals surface area contributed by atoms with Gasteiger partial charge in [0.25, 0.3) is 5.69 Å². The van der Waals surface area contributed by atoms with Gasteiger partial charge in [-0.2, -0.15) is 13.2 Å². The van der Waals surface area contributed by atoms with Crippen LogP contribution in [0, 0.1) is 17.0 Å². The van der Waals surface area contributed by atoms with Crippen LogP contribution in [0.4, 0.5) is 30.2 Å². The van der Waals surface area contributed by atoms with Crippen molar-refractivity contribution >= 4 is 23.0 Å². The number of aryl methyl sites for hydroxylation is 1. The molecule has 2 heterocycles. The van der Waals surface area contributed by atoms with Gasteiger partial charge in [0, 0.05) is 42.6 Å².